The van der Waals surface area contributed by atoms with Crippen molar-refractivity contribution in [3.8, 4) is 0 Å². The predicted octanol–water partition coefficient (Wildman–Crippen LogP) is 3.74. The van der Waals surface area contributed by atoms with Crippen molar-refractivity contribution in [1.82, 2.24) is 24.9 Å². The van der Waals surface area contributed by atoms with Crippen LogP contribution in [0.5, 0.6) is 0 Å². The Kier molecular flexibility index (Phi) is 5.79. The van der Waals surface area contributed by atoms with E-state index in [2.05, 4.69) is 20.5 Å². The van der Waals surface area contributed by atoms with Crippen LogP contribution >= 0.6 is 11.8 Å². The highest BCUT2D eigenvalue weighted by molar-refractivity contribution is 8.00. The predicted molar refractivity (Wildman–Crippen MR) is 108 cm³/mol. The molecule has 0 bridgehead atoms. The molecule has 2 aromatic heterocycles. The lowest BCUT2D eigenvalue weighted by atomic mass is 10.1. The molecule has 0 radical (unpaired) electrons. The summed E-state index contributed by atoms with van der Waals surface area (Å²) in [6.07, 6.45) is 0. The third kappa shape index (κ3) is 4.30. The van der Waals surface area contributed by atoms with Crippen molar-refractivity contribution >= 4 is 23.3 Å². The van der Waals surface area contributed by atoms with Gasteiger partial charge in [0.1, 0.15) is 5.82 Å². The average Bonchev–Trinajstić information content (AvgIpc) is 3.02. The summed E-state index contributed by atoms with van der Waals surface area (Å²) in [6, 6.07) is 11.8. The second kappa shape index (κ2) is 8.08. The number of rotatable bonds is 6. The van der Waals surface area contributed by atoms with Gasteiger partial charge in [-0.3, -0.25) is 9.20 Å². The van der Waals surface area contributed by atoms with Gasteiger partial charge in [0.2, 0.25) is 5.91 Å². The zero-order valence-electron chi connectivity index (χ0n) is 16.3. The SMILES string of the molecule is Cc1cc2nnc(S[C@@H](C(=O)N[C@@H](C)c3ccccc3)C(C)C)n2c(C)n1. The van der Waals surface area contributed by atoms with Gasteiger partial charge in [0, 0.05) is 11.8 Å². The van der Waals surface area contributed by atoms with Crippen molar-refractivity contribution in [2.75, 3.05) is 0 Å². The zero-order valence-corrected chi connectivity index (χ0v) is 17.1. The minimum absolute atomic E-state index is 0.000766. The van der Waals surface area contributed by atoms with Crippen molar-refractivity contribution in [3.63, 3.8) is 0 Å². The van der Waals surface area contributed by atoms with Crippen LogP contribution in [0.3, 0.4) is 0 Å². The Morgan fingerprint density at radius 3 is 2.48 bits per heavy atom. The molecular weight excluding hydrogens is 358 g/mol. The molecule has 0 fully saturated rings. The van der Waals surface area contributed by atoms with Crippen LogP contribution in [0.2, 0.25) is 0 Å². The number of hydrogen-bond donors (Lipinski definition) is 1. The molecule has 7 heteroatoms. The van der Waals surface area contributed by atoms with E-state index in [1.807, 2.05) is 75.4 Å². The molecule has 1 N–H and O–H groups in total. The third-order valence-electron chi connectivity index (χ3n) is 4.41. The molecule has 2 atom stereocenters. The van der Waals surface area contributed by atoms with Crippen LogP contribution in [0.25, 0.3) is 5.65 Å². The van der Waals surface area contributed by atoms with Crippen molar-refractivity contribution in [3.05, 3.63) is 53.5 Å². The minimum Gasteiger partial charge on any atom is -0.349 e. The molecule has 0 aliphatic heterocycles. The molecule has 3 rings (SSSR count). The Balaban J connectivity index is 1.81. The van der Waals surface area contributed by atoms with Gasteiger partial charge in [0.05, 0.1) is 11.3 Å². The number of benzene rings is 1. The van der Waals surface area contributed by atoms with E-state index in [4.69, 9.17) is 0 Å². The van der Waals surface area contributed by atoms with E-state index in [1.54, 1.807) is 0 Å². The Bertz CT molecular complexity index is 938. The van der Waals surface area contributed by atoms with Crippen molar-refractivity contribution in [1.29, 1.82) is 0 Å². The topological polar surface area (TPSA) is 72.2 Å². The molecule has 0 aliphatic rings. The van der Waals surface area contributed by atoms with E-state index in [0.29, 0.717) is 5.16 Å². The van der Waals surface area contributed by atoms with Crippen LogP contribution in [0, 0.1) is 19.8 Å². The van der Waals surface area contributed by atoms with Crippen LogP contribution in [-0.4, -0.2) is 30.7 Å². The normalized spacial score (nSPS) is 13.7. The molecule has 0 saturated heterocycles. The first-order valence-electron chi connectivity index (χ1n) is 9.08. The molecular formula is C20H25N5OS. The lowest BCUT2D eigenvalue weighted by Gasteiger charge is -2.22. The maximum Gasteiger partial charge on any atom is 0.234 e. The summed E-state index contributed by atoms with van der Waals surface area (Å²) in [5.41, 5.74) is 2.74. The molecule has 3 aromatic rings. The first-order chi connectivity index (χ1) is 12.9. The highest BCUT2D eigenvalue weighted by Crippen LogP contribution is 2.29. The maximum absolute atomic E-state index is 13.0. The molecule has 6 nitrogen and oxygen atoms in total. The van der Waals surface area contributed by atoms with Gasteiger partial charge in [0.15, 0.2) is 10.8 Å². The van der Waals surface area contributed by atoms with Crippen LogP contribution in [0.4, 0.5) is 0 Å². The highest BCUT2D eigenvalue weighted by Gasteiger charge is 2.27. The summed E-state index contributed by atoms with van der Waals surface area (Å²) in [6.45, 7) is 9.95. The molecule has 2 heterocycles. The molecule has 0 aliphatic carbocycles. The molecule has 0 saturated carbocycles. The number of carbonyl (C=O) groups excluding carboxylic acids is 1. The summed E-state index contributed by atoms with van der Waals surface area (Å²) < 4.78 is 1.90. The minimum atomic E-state index is -0.274. The Labute approximate surface area is 163 Å². The first kappa shape index (κ1) is 19.4. The smallest absolute Gasteiger partial charge is 0.234 e. The van der Waals surface area contributed by atoms with Crippen LogP contribution < -0.4 is 5.32 Å². The molecule has 1 amide bonds. The Hall–Kier alpha value is -2.41. The number of carbonyl (C=O) groups is 1. The van der Waals surface area contributed by atoms with E-state index < -0.39 is 0 Å². The van der Waals surface area contributed by atoms with Crippen molar-refractivity contribution in [2.45, 2.75) is 51.1 Å². The standard InChI is InChI=1S/C20H25N5OS/c1-12(2)18(19(26)22-14(4)16-9-7-6-8-10-16)27-20-24-23-17-11-13(3)21-15(5)25(17)20/h6-12,14,18H,1-5H3,(H,22,26)/t14-,18+/m0/s1. The lowest BCUT2D eigenvalue weighted by Crippen LogP contribution is -2.37. The number of fused-ring (bicyclic) bond motifs is 1. The number of thioether (sulfide) groups is 1. The lowest BCUT2D eigenvalue weighted by molar-refractivity contribution is -0.121. The first-order valence-corrected chi connectivity index (χ1v) is 9.96. The fourth-order valence-electron chi connectivity index (χ4n) is 3.01. The number of aryl methyl sites for hydroxylation is 2. The Morgan fingerprint density at radius 1 is 1.11 bits per heavy atom. The quantitative estimate of drug-likeness (QED) is 0.657. The van der Waals surface area contributed by atoms with E-state index in [1.165, 1.54) is 11.8 Å². The van der Waals surface area contributed by atoms with Gasteiger partial charge in [-0.1, -0.05) is 55.9 Å². The largest absolute Gasteiger partial charge is 0.349 e. The number of hydrogen-bond acceptors (Lipinski definition) is 5. The second-order valence-electron chi connectivity index (χ2n) is 7.04. The van der Waals surface area contributed by atoms with Gasteiger partial charge < -0.3 is 5.32 Å². The van der Waals surface area contributed by atoms with Gasteiger partial charge in [0.25, 0.3) is 0 Å². The number of aromatic nitrogens is 4. The molecule has 142 valence electrons. The second-order valence-corrected chi connectivity index (χ2v) is 8.15. The summed E-state index contributed by atoms with van der Waals surface area (Å²) in [5.74, 6) is 0.961. The fraction of sp³-hybridized carbons (Fsp3) is 0.400. The van der Waals surface area contributed by atoms with E-state index in [0.717, 1.165) is 22.7 Å². The average molecular weight is 384 g/mol. The van der Waals surface area contributed by atoms with Gasteiger partial charge in [-0.2, -0.15) is 0 Å². The number of nitrogens with one attached hydrogen (secondary N) is 1. The van der Waals surface area contributed by atoms with Crippen LogP contribution in [0.1, 0.15) is 43.9 Å². The number of nitrogens with zero attached hydrogens (tertiary/aromatic N) is 4. The number of amides is 1. The zero-order chi connectivity index (χ0) is 19.6. The van der Waals surface area contributed by atoms with Crippen molar-refractivity contribution in [2.24, 2.45) is 5.92 Å². The summed E-state index contributed by atoms with van der Waals surface area (Å²) in [7, 11) is 0. The van der Waals surface area contributed by atoms with Gasteiger partial charge in [-0.15, -0.1) is 10.2 Å². The van der Waals surface area contributed by atoms with E-state index in [-0.39, 0.29) is 23.1 Å². The van der Waals surface area contributed by atoms with Crippen molar-refractivity contribution < 1.29 is 4.79 Å². The molecule has 27 heavy (non-hydrogen) atoms. The maximum atomic E-state index is 13.0. The van der Waals surface area contributed by atoms with Crippen LogP contribution in [0.15, 0.2) is 41.6 Å². The summed E-state index contributed by atoms with van der Waals surface area (Å²) in [5, 5.41) is 12.1. The van der Waals surface area contributed by atoms with Gasteiger partial charge in [-0.05, 0) is 32.3 Å². The van der Waals surface area contributed by atoms with E-state index >= 15 is 0 Å². The molecule has 1 aromatic carbocycles. The summed E-state index contributed by atoms with van der Waals surface area (Å²) >= 11 is 1.44. The highest BCUT2D eigenvalue weighted by atomic mass is 32.2. The molecule has 0 spiro atoms. The van der Waals surface area contributed by atoms with Crippen LogP contribution in [-0.2, 0) is 4.79 Å². The third-order valence-corrected chi connectivity index (χ3v) is 5.90. The molecule has 0 unspecified atom stereocenters. The fourth-order valence-corrected chi connectivity index (χ4v) is 4.10. The monoisotopic (exact) mass is 383 g/mol. The summed E-state index contributed by atoms with van der Waals surface area (Å²) in [4.78, 5) is 17.5. The Morgan fingerprint density at radius 2 is 1.81 bits per heavy atom. The van der Waals surface area contributed by atoms with Gasteiger partial charge in [-0.25, -0.2) is 4.98 Å². The van der Waals surface area contributed by atoms with E-state index in [9.17, 15) is 4.79 Å². The van der Waals surface area contributed by atoms with Gasteiger partial charge >= 0.3 is 0 Å².